The Labute approximate surface area is 196 Å². The van der Waals surface area contributed by atoms with E-state index < -0.39 is 19.8 Å². The van der Waals surface area contributed by atoms with Crippen molar-refractivity contribution < 1.29 is 4.79 Å². The Bertz CT molecular complexity index is 937. The van der Waals surface area contributed by atoms with E-state index >= 15 is 0 Å². The number of alkyl halides is 2. The number of pyridine rings is 1. The summed E-state index contributed by atoms with van der Waals surface area (Å²) in [4.78, 5) is 21.9. The molecule has 0 saturated carbocycles. The van der Waals surface area contributed by atoms with E-state index in [1.165, 1.54) is 30.2 Å². The maximum absolute atomic E-state index is 12.9. The number of rotatable bonds is 6. The van der Waals surface area contributed by atoms with Gasteiger partial charge >= 0.3 is 154 Å². The van der Waals surface area contributed by atoms with Crippen molar-refractivity contribution in [3.05, 3.63) is 57.8 Å². The summed E-state index contributed by atoms with van der Waals surface area (Å²) in [7, 11) is 0. The van der Waals surface area contributed by atoms with Crippen molar-refractivity contribution in [1.29, 1.82) is 0 Å². The van der Waals surface area contributed by atoms with Crippen molar-refractivity contribution in [2.24, 2.45) is 4.40 Å². The molecule has 1 aromatic heterocycles. The predicted molar refractivity (Wildman–Crippen MR) is 139 cm³/mol. The second-order valence-electron chi connectivity index (χ2n) is 7.87. The van der Waals surface area contributed by atoms with Gasteiger partial charge in [0.05, 0.1) is 0 Å². The largest absolute Gasteiger partial charge is 0.0622 e. The quantitative estimate of drug-likeness (QED) is 0.189. The summed E-state index contributed by atoms with van der Waals surface area (Å²) in [6.45, 7) is 8.47. The number of hydrogen-bond donors (Lipinski definition) is 1. The van der Waals surface area contributed by atoms with Crippen LogP contribution in [0.2, 0.25) is 0 Å². The van der Waals surface area contributed by atoms with Crippen LogP contribution in [0.15, 0.2) is 53.1 Å². The van der Waals surface area contributed by atoms with E-state index in [4.69, 9.17) is 4.98 Å². The fourth-order valence-corrected chi connectivity index (χ4v) is 8.87. The maximum atomic E-state index is 12.9. The van der Waals surface area contributed by atoms with Gasteiger partial charge in [-0.1, -0.05) is 30.3 Å². The molecule has 3 heterocycles. The van der Waals surface area contributed by atoms with Crippen LogP contribution in [-0.4, -0.2) is 61.5 Å². The molecule has 2 saturated heterocycles. The number of nitrogens with zero attached hydrogens (tertiary/aromatic N) is 4. The summed E-state index contributed by atoms with van der Waals surface area (Å²) in [6.07, 6.45) is 1.90. The van der Waals surface area contributed by atoms with Gasteiger partial charge in [0.1, 0.15) is 0 Å². The first-order chi connectivity index (χ1) is 15.0. The van der Waals surface area contributed by atoms with Crippen LogP contribution in [0, 0.1) is 3.57 Å². The van der Waals surface area contributed by atoms with E-state index in [0.29, 0.717) is 6.54 Å². The van der Waals surface area contributed by atoms with E-state index in [1.54, 1.807) is 0 Å². The van der Waals surface area contributed by atoms with Crippen LogP contribution >= 0.6 is 31.8 Å². The van der Waals surface area contributed by atoms with Crippen LogP contribution in [0.25, 0.3) is 0 Å². The standard InChI is InChI=1S/C23H30IN5OS/c1-17-16-28(22-21(24-11-12-24)10-7-13-25-22)14-15-29(17)23(30)26-19(3)31-27-18(2)20-8-5-4-6-9-20/h4-10,13,17,19H,11-12,14-16H2,1-3H3,(H,26,30)/t17-,19?/m1/s1. The van der Waals surface area contributed by atoms with E-state index in [-0.39, 0.29) is 17.4 Å². The maximum Gasteiger partial charge on any atom is -0.00370 e. The van der Waals surface area contributed by atoms with Gasteiger partial charge in [-0.15, -0.1) is 0 Å². The summed E-state index contributed by atoms with van der Waals surface area (Å²) in [5.74, 6) is 1.17. The molecule has 1 unspecified atom stereocenters. The Balaban J connectivity index is 1.31. The molecule has 2 amide bonds. The molecule has 2 fully saturated rings. The van der Waals surface area contributed by atoms with Gasteiger partial charge in [0.2, 0.25) is 0 Å². The van der Waals surface area contributed by atoms with Crippen molar-refractivity contribution in [2.45, 2.75) is 32.2 Å². The molecule has 0 radical (unpaired) electrons. The van der Waals surface area contributed by atoms with Crippen LogP contribution in [0.5, 0.6) is 0 Å². The number of hydrogen-bond acceptors (Lipinski definition) is 5. The predicted octanol–water partition coefficient (Wildman–Crippen LogP) is 4.49. The second-order valence-corrected chi connectivity index (χ2v) is 14.9. The Hall–Kier alpha value is -1.81. The first kappa shape index (κ1) is 22.4. The van der Waals surface area contributed by atoms with Gasteiger partial charge in [-0.05, 0) is 12.5 Å². The topological polar surface area (TPSA) is 60.8 Å². The van der Waals surface area contributed by atoms with Crippen LogP contribution in [-0.2, 0) is 0 Å². The molecule has 166 valence electrons. The number of piperazine rings is 1. The van der Waals surface area contributed by atoms with Gasteiger partial charge in [0, 0.05) is 0 Å². The number of carbonyl (C=O) groups is 1. The Morgan fingerprint density at radius 3 is 2.71 bits per heavy atom. The summed E-state index contributed by atoms with van der Waals surface area (Å²) in [5.41, 5.74) is 2.06. The van der Waals surface area contributed by atoms with E-state index in [9.17, 15) is 4.79 Å². The van der Waals surface area contributed by atoms with Crippen molar-refractivity contribution >= 4 is 49.3 Å². The molecule has 6 nitrogen and oxygen atoms in total. The smallest absolute Gasteiger partial charge is 0.00370 e. The normalized spacial score (nSPS) is 21.1. The SMILES string of the molecule is CC(=NSC(C)NC(=O)N1CCN(c2ncccc2I2CC2)C[C@H]1C)c1ccccc1. The molecule has 2 aromatic rings. The van der Waals surface area contributed by atoms with E-state index in [2.05, 4.69) is 33.7 Å². The zero-order valence-electron chi connectivity index (χ0n) is 18.3. The van der Waals surface area contributed by atoms with Crippen molar-refractivity contribution in [3.63, 3.8) is 0 Å². The summed E-state index contributed by atoms with van der Waals surface area (Å²) in [5, 5.41) is 3.00. The fourth-order valence-electron chi connectivity index (χ4n) is 3.68. The Morgan fingerprint density at radius 1 is 1.23 bits per heavy atom. The minimum absolute atomic E-state index is 0.0151. The number of anilines is 1. The number of urea groups is 1. The monoisotopic (exact) mass is 551 g/mol. The molecule has 4 rings (SSSR count). The van der Waals surface area contributed by atoms with Crippen LogP contribution in [0.1, 0.15) is 26.3 Å². The van der Waals surface area contributed by atoms with Crippen LogP contribution in [0.4, 0.5) is 10.6 Å². The number of nitrogens with one attached hydrogen (secondary N) is 1. The molecule has 1 N–H and O–H groups in total. The van der Waals surface area contributed by atoms with Crippen LogP contribution in [0.3, 0.4) is 0 Å². The fraction of sp³-hybridized carbons (Fsp3) is 0.435. The van der Waals surface area contributed by atoms with E-state index in [0.717, 1.165) is 24.4 Å². The van der Waals surface area contributed by atoms with Crippen molar-refractivity contribution in [2.75, 3.05) is 33.4 Å². The number of halogens is 1. The zero-order chi connectivity index (χ0) is 21.8. The van der Waals surface area contributed by atoms with Gasteiger partial charge < -0.3 is 0 Å². The summed E-state index contributed by atoms with van der Waals surface area (Å²) < 4.78 is 8.94. The number of carbonyl (C=O) groups excluding carboxylic acids is 1. The number of benzene rings is 1. The van der Waals surface area contributed by atoms with Gasteiger partial charge in [-0.2, -0.15) is 0 Å². The zero-order valence-corrected chi connectivity index (χ0v) is 21.3. The molecule has 2 atom stereocenters. The molecule has 1 aromatic carbocycles. The molecule has 0 spiro atoms. The van der Waals surface area contributed by atoms with Crippen molar-refractivity contribution in [3.8, 4) is 0 Å². The number of aromatic nitrogens is 1. The first-order valence-electron chi connectivity index (χ1n) is 10.7. The molecule has 31 heavy (non-hydrogen) atoms. The Morgan fingerprint density at radius 2 is 2.00 bits per heavy atom. The molecule has 8 heteroatoms. The molecule has 0 bridgehead atoms. The van der Waals surface area contributed by atoms with Gasteiger partial charge in [0.15, 0.2) is 0 Å². The summed E-state index contributed by atoms with van der Waals surface area (Å²) in [6, 6.07) is 14.6. The minimum atomic E-state index is -0.893. The van der Waals surface area contributed by atoms with Gasteiger partial charge in [-0.3, -0.25) is 0 Å². The average Bonchev–Trinajstić information content (AvgIpc) is 3.63. The van der Waals surface area contributed by atoms with Gasteiger partial charge in [0.25, 0.3) is 0 Å². The molecule has 2 aliphatic rings. The third kappa shape index (κ3) is 5.71. The number of amides is 2. The molecule has 2 aliphatic heterocycles. The average molecular weight is 551 g/mol. The molecular weight excluding hydrogens is 521 g/mol. The van der Waals surface area contributed by atoms with Crippen molar-refractivity contribution in [1.82, 2.24) is 15.2 Å². The third-order valence-corrected chi connectivity index (χ3v) is 10.9. The third-order valence-electron chi connectivity index (χ3n) is 5.46. The van der Waals surface area contributed by atoms with Gasteiger partial charge in [-0.25, -0.2) is 0 Å². The second kappa shape index (κ2) is 10.2. The van der Waals surface area contributed by atoms with E-state index in [1.807, 2.05) is 55.3 Å². The van der Waals surface area contributed by atoms with Crippen LogP contribution < -0.4 is 10.2 Å². The molecular formula is C23H30IN5OS. The minimum Gasteiger partial charge on any atom is -0.0622 e. The first-order valence-corrected chi connectivity index (χ1v) is 15.6. The molecule has 0 aliphatic carbocycles. The summed E-state index contributed by atoms with van der Waals surface area (Å²) >= 11 is 0.503. The Kier molecular flexibility index (Phi) is 7.37.